The van der Waals surface area contributed by atoms with Crippen molar-refractivity contribution in [3.8, 4) is 0 Å². The van der Waals surface area contributed by atoms with Crippen molar-refractivity contribution in [2.45, 2.75) is 12.5 Å². The van der Waals surface area contributed by atoms with Crippen LogP contribution in [0.2, 0.25) is 0 Å². The summed E-state index contributed by atoms with van der Waals surface area (Å²) in [5, 5.41) is 6.94. The number of nitrogens with zero attached hydrogens (tertiary/aromatic N) is 2. The molecule has 0 saturated carbocycles. The number of anilines is 1. The molecule has 0 fully saturated rings. The molecule has 1 N–H and O–H groups in total. The molecule has 0 spiro atoms. The average Bonchev–Trinajstić information content (AvgIpc) is 2.86. The summed E-state index contributed by atoms with van der Waals surface area (Å²) in [7, 11) is 0. The highest BCUT2D eigenvalue weighted by Crippen LogP contribution is 2.32. The molecule has 2 heterocycles. The van der Waals surface area contributed by atoms with Crippen LogP contribution in [0.5, 0.6) is 0 Å². The van der Waals surface area contributed by atoms with E-state index in [0.717, 1.165) is 12.1 Å². The molecule has 1 aromatic heterocycles. The summed E-state index contributed by atoms with van der Waals surface area (Å²) in [5.41, 5.74) is 2.46. The molecule has 0 radical (unpaired) electrons. The first-order chi connectivity index (χ1) is 6.93. The summed E-state index contributed by atoms with van der Waals surface area (Å²) < 4.78 is 5.03. The van der Waals surface area contributed by atoms with Crippen molar-refractivity contribution in [3.63, 3.8) is 0 Å². The van der Waals surface area contributed by atoms with Crippen LogP contribution < -0.4 is 5.32 Å². The maximum atomic E-state index is 5.03. The fourth-order valence-corrected chi connectivity index (χ4v) is 1.78. The number of hydrogen-bond donors (Lipinski definition) is 1. The Morgan fingerprint density at radius 2 is 2.29 bits per heavy atom. The van der Waals surface area contributed by atoms with Gasteiger partial charge >= 0.3 is 0 Å². The Morgan fingerprint density at radius 1 is 1.36 bits per heavy atom. The van der Waals surface area contributed by atoms with E-state index >= 15 is 0 Å². The van der Waals surface area contributed by atoms with Crippen LogP contribution in [0.3, 0.4) is 0 Å². The fraction of sp³-hybridized carbons (Fsp3) is 0.200. The van der Waals surface area contributed by atoms with Crippen molar-refractivity contribution >= 4 is 5.69 Å². The van der Waals surface area contributed by atoms with Crippen LogP contribution in [0, 0.1) is 0 Å². The van der Waals surface area contributed by atoms with Crippen molar-refractivity contribution in [2.75, 3.05) is 5.32 Å². The van der Waals surface area contributed by atoms with E-state index in [0.29, 0.717) is 5.89 Å². The van der Waals surface area contributed by atoms with Gasteiger partial charge in [0, 0.05) is 12.1 Å². The van der Waals surface area contributed by atoms with E-state index in [4.69, 9.17) is 4.52 Å². The third-order valence-corrected chi connectivity index (χ3v) is 2.45. The average molecular weight is 187 g/mol. The Labute approximate surface area is 80.9 Å². The second kappa shape index (κ2) is 2.83. The summed E-state index contributed by atoms with van der Waals surface area (Å²) in [6.45, 7) is 0. The Bertz CT molecular complexity index is 413. The van der Waals surface area contributed by atoms with Crippen molar-refractivity contribution < 1.29 is 4.52 Å². The molecule has 0 aliphatic carbocycles. The van der Waals surface area contributed by atoms with Gasteiger partial charge in [-0.25, -0.2) is 0 Å². The van der Waals surface area contributed by atoms with Crippen LogP contribution in [0.1, 0.15) is 17.5 Å². The van der Waals surface area contributed by atoms with E-state index < -0.39 is 0 Å². The van der Waals surface area contributed by atoms with Gasteiger partial charge in [0.1, 0.15) is 6.04 Å². The van der Waals surface area contributed by atoms with Gasteiger partial charge in [0.15, 0.2) is 6.33 Å². The van der Waals surface area contributed by atoms with Gasteiger partial charge < -0.3 is 9.84 Å². The number of hydrogen-bond acceptors (Lipinski definition) is 4. The Morgan fingerprint density at radius 3 is 3.07 bits per heavy atom. The highest BCUT2D eigenvalue weighted by molar-refractivity contribution is 5.56. The Hall–Kier alpha value is -1.84. The fourth-order valence-electron chi connectivity index (χ4n) is 1.78. The van der Waals surface area contributed by atoms with Crippen LogP contribution in [0.15, 0.2) is 35.1 Å². The normalized spacial score (nSPS) is 19.0. The lowest BCUT2D eigenvalue weighted by Crippen LogP contribution is -2.05. The molecule has 1 aliphatic rings. The lowest BCUT2D eigenvalue weighted by molar-refractivity contribution is 0.363. The zero-order chi connectivity index (χ0) is 9.38. The number of benzene rings is 1. The number of nitrogens with one attached hydrogen (secondary N) is 1. The van der Waals surface area contributed by atoms with E-state index in [2.05, 4.69) is 27.6 Å². The van der Waals surface area contributed by atoms with Crippen LogP contribution in [-0.2, 0) is 6.42 Å². The predicted octanol–water partition coefficient (Wildman–Crippen LogP) is 1.78. The van der Waals surface area contributed by atoms with E-state index in [-0.39, 0.29) is 6.04 Å². The van der Waals surface area contributed by atoms with Crippen molar-refractivity contribution in [1.82, 2.24) is 10.1 Å². The Balaban J connectivity index is 1.92. The summed E-state index contributed by atoms with van der Waals surface area (Å²) in [6.07, 6.45) is 2.35. The smallest absolute Gasteiger partial charge is 0.249 e. The third kappa shape index (κ3) is 1.08. The summed E-state index contributed by atoms with van der Waals surface area (Å²) >= 11 is 0. The zero-order valence-electron chi connectivity index (χ0n) is 7.47. The van der Waals surface area contributed by atoms with Crippen molar-refractivity contribution in [3.05, 3.63) is 42.0 Å². The summed E-state index contributed by atoms with van der Waals surface area (Å²) in [4.78, 5) is 4.04. The minimum atomic E-state index is 0.134. The molecule has 1 atom stereocenters. The second-order valence-corrected chi connectivity index (χ2v) is 3.34. The van der Waals surface area contributed by atoms with E-state index in [9.17, 15) is 0 Å². The van der Waals surface area contributed by atoms with Gasteiger partial charge in [-0.05, 0) is 11.6 Å². The quantitative estimate of drug-likeness (QED) is 0.739. The van der Waals surface area contributed by atoms with E-state index in [1.807, 2.05) is 12.1 Å². The third-order valence-electron chi connectivity index (χ3n) is 2.45. The minimum Gasteiger partial charge on any atom is -0.373 e. The number of fused-ring (bicyclic) bond motifs is 1. The van der Waals surface area contributed by atoms with Gasteiger partial charge in [-0.3, -0.25) is 0 Å². The summed E-state index contributed by atoms with van der Waals surface area (Å²) in [6, 6.07) is 8.36. The van der Waals surface area contributed by atoms with Crippen LogP contribution in [0.4, 0.5) is 5.69 Å². The first kappa shape index (κ1) is 7.55. The van der Waals surface area contributed by atoms with E-state index in [1.165, 1.54) is 11.9 Å². The SMILES string of the molecule is c1ccc2c(c1)C[C@@H](c1ncno1)N2. The molecule has 0 saturated heterocycles. The molecule has 70 valence electrons. The Kier molecular flexibility index (Phi) is 1.53. The molecular formula is C10H9N3O. The molecule has 1 aromatic carbocycles. The molecule has 4 heteroatoms. The molecule has 0 amide bonds. The van der Waals surface area contributed by atoms with Gasteiger partial charge in [-0.1, -0.05) is 23.4 Å². The van der Waals surface area contributed by atoms with Gasteiger partial charge in [-0.2, -0.15) is 4.98 Å². The molecule has 0 bridgehead atoms. The molecule has 14 heavy (non-hydrogen) atoms. The van der Waals surface area contributed by atoms with Crippen LogP contribution in [0.25, 0.3) is 0 Å². The van der Waals surface area contributed by atoms with Gasteiger partial charge in [0.25, 0.3) is 0 Å². The van der Waals surface area contributed by atoms with Crippen molar-refractivity contribution in [2.24, 2.45) is 0 Å². The molecule has 0 unspecified atom stereocenters. The maximum absolute atomic E-state index is 5.03. The molecule has 4 nitrogen and oxygen atoms in total. The molecule has 1 aliphatic heterocycles. The zero-order valence-corrected chi connectivity index (χ0v) is 7.47. The summed E-state index contributed by atoms with van der Waals surface area (Å²) in [5.74, 6) is 0.654. The highest BCUT2D eigenvalue weighted by atomic mass is 16.5. The number of aromatic nitrogens is 2. The predicted molar refractivity (Wildman–Crippen MR) is 50.8 cm³/mol. The molecule has 2 aromatic rings. The number of rotatable bonds is 1. The lowest BCUT2D eigenvalue weighted by Gasteiger charge is -2.03. The van der Waals surface area contributed by atoms with Gasteiger partial charge in [0.05, 0.1) is 0 Å². The molecule has 3 rings (SSSR count). The number of para-hydroxylation sites is 1. The van der Waals surface area contributed by atoms with Gasteiger partial charge in [0.2, 0.25) is 5.89 Å². The minimum absolute atomic E-state index is 0.134. The standard InChI is InChI=1S/C10H9N3O/c1-2-4-8-7(3-1)5-9(13-8)10-11-6-12-14-10/h1-4,6,9,13H,5H2/t9-/m0/s1. The highest BCUT2D eigenvalue weighted by Gasteiger charge is 2.24. The largest absolute Gasteiger partial charge is 0.373 e. The first-order valence-electron chi connectivity index (χ1n) is 4.54. The van der Waals surface area contributed by atoms with Crippen LogP contribution >= 0.6 is 0 Å². The monoisotopic (exact) mass is 187 g/mol. The lowest BCUT2D eigenvalue weighted by atomic mass is 10.1. The van der Waals surface area contributed by atoms with Gasteiger partial charge in [-0.15, -0.1) is 0 Å². The second-order valence-electron chi connectivity index (χ2n) is 3.34. The van der Waals surface area contributed by atoms with Crippen molar-refractivity contribution in [1.29, 1.82) is 0 Å². The van der Waals surface area contributed by atoms with E-state index in [1.54, 1.807) is 0 Å². The first-order valence-corrected chi connectivity index (χ1v) is 4.54. The molecular weight excluding hydrogens is 178 g/mol. The maximum Gasteiger partial charge on any atom is 0.249 e. The van der Waals surface area contributed by atoms with Crippen LogP contribution in [-0.4, -0.2) is 10.1 Å². The topological polar surface area (TPSA) is 51.0 Å².